The van der Waals surface area contributed by atoms with Crippen LogP contribution in [0.4, 0.5) is 0 Å². The monoisotopic (exact) mass is 324 g/mol. The van der Waals surface area contributed by atoms with Gasteiger partial charge in [-0.15, -0.1) is 0 Å². The molecule has 0 saturated heterocycles. The van der Waals surface area contributed by atoms with Crippen molar-refractivity contribution in [3.63, 3.8) is 0 Å². The SMILES string of the molecule is COc1cc2c(cc1O)CCC1OC(c3ccc(O)cc3)C=CC21. The van der Waals surface area contributed by atoms with Crippen LogP contribution in [0.15, 0.2) is 48.6 Å². The Hall–Kier alpha value is -2.46. The van der Waals surface area contributed by atoms with Gasteiger partial charge in [-0.3, -0.25) is 0 Å². The molecule has 4 heteroatoms. The van der Waals surface area contributed by atoms with Crippen molar-refractivity contribution in [3.05, 3.63) is 65.2 Å². The zero-order valence-electron chi connectivity index (χ0n) is 13.5. The van der Waals surface area contributed by atoms with Crippen molar-refractivity contribution < 1.29 is 19.7 Å². The van der Waals surface area contributed by atoms with Crippen molar-refractivity contribution in [2.45, 2.75) is 31.0 Å². The molecular formula is C20H20O4. The first-order valence-electron chi connectivity index (χ1n) is 8.18. The van der Waals surface area contributed by atoms with Crippen LogP contribution in [0.3, 0.4) is 0 Å². The first-order valence-corrected chi connectivity index (χ1v) is 8.18. The predicted molar refractivity (Wildman–Crippen MR) is 90.6 cm³/mol. The summed E-state index contributed by atoms with van der Waals surface area (Å²) in [7, 11) is 1.57. The molecule has 0 amide bonds. The van der Waals surface area contributed by atoms with Gasteiger partial charge in [-0.1, -0.05) is 24.3 Å². The molecule has 2 aromatic rings. The molecule has 0 spiro atoms. The number of hydrogen-bond donors (Lipinski definition) is 2. The molecule has 0 aromatic heterocycles. The topological polar surface area (TPSA) is 58.9 Å². The summed E-state index contributed by atoms with van der Waals surface area (Å²) in [5, 5.41) is 19.4. The van der Waals surface area contributed by atoms with E-state index in [4.69, 9.17) is 9.47 Å². The van der Waals surface area contributed by atoms with Gasteiger partial charge in [-0.2, -0.15) is 0 Å². The maximum absolute atomic E-state index is 9.98. The summed E-state index contributed by atoms with van der Waals surface area (Å²) in [6, 6.07) is 10.9. The largest absolute Gasteiger partial charge is 0.508 e. The van der Waals surface area contributed by atoms with Crippen molar-refractivity contribution in [2.24, 2.45) is 0 Å². The zero-order valence-corrected chi connectivity index (χ0v) is 13.5. The third-order valence-corrected chi connectivity index (χ3v) is 4.93. The van der Waals surface area contributed by atoms with Gasteiger partial charge in [-0.05, 0) is 53.8 Å². The average Bonchev–Trinajstić information content (AvgIpc) is 2.61. The van der Waals surface area contributed by atoms with Gasteiger partial charge in [0.15, 0.2) is 11.5 Å². The van der Waals surface area contributed by atoms with Crippen molar-refractivity contribution >= 4 is 0 Å². The predicted octanol–water partition coefficient (Wildman–Crippen LogP) is 3.83. The van der Waals surface area contributed by atoms with Gasteiger partial charge in [0, 0.05) is 5.92 Å². The summed E-state index contributed by atoms with van der Waals surface area (Å²) in [5.41, 5.74) is 3.36. The van der Waals surface area contributed by atoms with Gasteiger partial charge in [-0.25, -0.2) is 0 Å². The second kappa shape index (κ2) is 5.87. The number of aryl methyl sites for hydroxylation is 1. The Bertz CT molecular complexity index is 779. The van der Waals surface area contributed by atoms with Crippen molar-refractivity contribution in [1.82, 2.24) is 0 Å². The van der Waals surface area contributed by atoms with Crippen molar-refractivity contribution in [1.29, 1.82) is 0 Å². The fourth-order valence-electron chi connectivity index (χ4n) is 3.68. The van der Waals surface area contributed by atoms with Crippen LogP contribution in [0.2, 0.25) is 0 Å². The summed E-state index contributed by atoms with van der Waals surface area (Å²) < 4.78 is 11.6. The molecule has 3 unspecified atom stereocenters. The molecule has 0 radical (unpaired) electrons. The Morgan fingerprint density at radius 3 is 2.62 bits per heavy atom. The van der Waals surface area contributed by atoms with Gasteiger partial charge < -0.3 is 19.7 Å². The highest BCUT2D eigenvalue weighted by Gasteiger charge is 2.34. The lowest BCUT2D eigenvalue weighted by atomic mass is 9.78. The minimum absolute atomic E-state index is 0.0904. The number of aromatic hydroxyl groups is 2. The van der Waals surface area contributed by atoms with Crippen LogP contribution in [0, 0.1) is 0 Å². The molecule has 2 N–H and O–H groups in total. The number of hydrogen-bond acceptors (Lipinski definition) is 4. The molecule has 2 aromatic carbocycles. The number of rotatable bonds is 2. The number of phenolic OH excluding ortho intramolecular Hbond substituents is 2. The van der Waals surface area contributed by atoms with Crippen LogP contribution >= 0.6 is 0 Å². The minimum atomic E-state index is -0.0904. The Balaban J connectivity index is 1.66. The molecule has 1 heterocycles. The molecule has 0 saturated carbocycles. The van der Waals surface area contributed by atoms with E-state index in [1.807, 2.05) is 24.3 Å². The third kappa shape index (κ3) is 2.53. The third-order valence-electron chi connectivity index (χ3n) is 4.93. The highest BCUT2D eigenvalue weighted by Crippen LogP contribution is 2.44. The fourth-order valence-corrected chi connectivity index (χ4v) is 3.68. The summed E-state index contributed by atoms with van der Waals surface area (Å²) in [5.74, 6) is 1.13. The molecule has 24 heavy (non-hydrogen) atoms. The van der Waals surface area contributed by atoms with E-state index in [-0.39, 0.29) is 29.6 Å². The van der Waals surface area contributed by atoms with Gasteiger partial charge in [0.05, 0.1) is 13.2 Å². The van der Waals surface area contributed by atoms with Crippen molar-refractivity contribution in [2.75, 3.05) is 7.11 Å². The smallest absolute Gasteiger partial charge is 0.160 e. The Kier molecular flexibility index (Phi) is 3.69. The highest BCUT2D eigenvalue weighted by atomic mass is 16.5. The van der Waals surface area contributed by atoms with E-state index < -0.39 is 0 Å². The minimum Gasteiger partial charge on any atom is -0.508 e. The maximum atomic E-state index is 9.98. The molecule has 0 fully saturated rings. The van der Waals surface area contributed by atoms with Gasteiger partial charge in [0.25, 0.3) is 0 Å². The summed E-state index contributed by atoms with van der Waals surface area (Å²) >= 11 is 0. The molecule has 2 aliphatic rings. The fraction of sp³-hybridized carbons (Fsp3) is 0.300. The second-order valence-corrected chi connectivity index (χ2v) is 6.36. The molecule has 1 aliphatic heterocycles. The lowest BCUT2D eigenvalue weighted by molar-refractivity contribution is -0.0139. The maximum Gasteiger partial charge on any atom is 0.160 e. The number of phenols is 2. The lowest BCUT2D eigenvalue weighted by Gasteiger charge is -2.37. The van der Waals surface area contributed by atoms with Crippen molar-refractivity contribution in [3.8, 4) is 17.2 Å². The van der Waals surface area contributed by atoms with E-state index >= 15 is 0 Å². The standard InChI is InChI=1S/C20H20O4/c1-23-20-11-16-13(10-17(20)22)4-8-19-15(16)7-9-18(24-19)12-2-5-14(21)6-3-12/h2-3,5-7,9-11,15,18-19,21-22H,4,8H2,1H3. The number of benzene rings is 2. The second-order valence-electron chi connectivity index (χ2n) is 6.36. The van der Waals surface area contributed by atoms with Crippen LogP contribution in [-0.2, 0) is 11.2 Å². The Morgan fingerprint density at radius 1 is 1.08 bits per heavy atom. The summed E-state index contributed by atoms with van der Waals surface area (Å²) in [6.45, 7) is 0. The Labute approximate surface area is 141 Å². The average molecular weight is 324 g/mol. The van der Waals surface area contributed by atoms with Crippen LogP contribution < -0.4 is 4.74 Å². The van der Waals surface area contributed by atoms with E-state index in [1.165, 1.54) is 5.56 Å². The number of ether oxygens (including phenoxy) is 2. The van der Waals surface area contributed by atoms with Crippen LogP contribution in [-0.4, -0.2) is 23.4 Å². The molecule has 4 rings (SSSR count). The van der Waals surface area contributed by atoms with Crippen LogP contribution in [0.1, 0.15) is 35.1 Å². The van der Waals surface area contributed by atoms with Gasteiger partial charge in [0.1, 0.15) is 11.9 Å². The van der Waals surface area contributed by atoms with E-state index in [2.05, 4.69) is 12.2 Å². The van der Waals surface area contributed by atoms with Crippen LogP contribution in [0.25, 0.3) is 0 Å². The normalized spacial score (nSPS) is 25.0. The van der Waals surface area contributed by atoms with Gasteiger partial charge in [0.2, 0.25) is 0 Å². The van der Waals surface area contributed by atoms with Gasteiger partial charge >= 0.3 is 0 Å². The van der Waals surface area contributed by atoms with E-state index in [0.717, 1.165) is 24.0 Å². The molecular weight excluding hydrogens is 304 g/mol. The zero-order chi connectivity index (χ0) is 16.7. The summed E-state index contributed by atoms with van der Waals surface area (Å²) in [4.78, 5) is 0. The number of methoxy groups -OCH3 is 1. The van der Waals surface area contributed by atoms with E-state index in [0.29, 0.717) is 5.75 Å². The first kappa shape index (κ1) is 15.1. The quantitative estimate of drug-likeness (QED) is 0.824. The lowest BCUT2D eigenvalue weighted by Crippen LogP contribution is -2.31. The van der Waals surface area contributed by atoms with E-state index in [1.54, 1.807) is 19.2 Å². The highest BCUT2D eigenvalue weighted by molar-refractivity contribution is 5.50. The molecule has 0 bridgehead atoms. The van der Waals surface area contributed by atoms with Crippen LogP contribution in [0.5, 0.6) is 17.2 Å². The summed E-state index contributed by atoms with van der Waals surface area (Å²) in [6.07, 6.45) is 6.08. The molecule has 3 atom stereocenters. The number of fused-ring (bicyclic) bond motifs is 3. The first-order chi connectivity index (χ1) is 11.7. The molecule has 4 nitrogen and oxygen atoms in total. The molecule has 124 valence electrons. The molecule has 1 aliphatic carbocycles. The van der Waals surface area contributed by atoms with E-state index in [9.17, 15) is 10.2 Å². The Morgan fingerprint density at radius 2 is 1.88 bits per heavy atom.